The third-order valence-electron chi connectivity index (χ3n) is 3.25. The molecule has 1 saturated carbocycles. The number of rotatable bonds is 5. The van der Waals surface area contributed by atoms with Gasteiger partial charge in [-0.1, -0.05) is 0 Å². The molecule has 8 heteroatoms. The third-order valence-corrected chi connectivity index (χ3v) is 4.76. The lowest BCUT2D eigenvalue weighted by Crippen LogP contribution is -2.41. The van der Waals surface area contributed by atoms with E-state index in [0.717, 1.165) is 18.9 Å². The first-order valence-corrected chi connectivity index (χ1v) is 7.51. The van der Waals surface area contributed by atoms with Gasteiger partial charge in [0.2, 0.25) is 10.0 Å². The number of nitrogens with one attached hydrogen (secondary N) is 1. The first-order valence-electron chi connectivity index (χ1n) is 6.03. The van der Waals surface area contributed by atoms with Crippen molar-refractivity contribution in [1.29, 1.82) is 0 Å². The summed E-state index contributed by atoms with van der Waals surface area (Å²) in [6, 6.07) is 1.15. The summed E-state index contributed by atoms with van der Waals surface area (Å²) in [4.78, 5) is -0.672. The largest absolute Gasteiger partial charge is 0.329 e. The van der Waals surface area contributed by atoms with Crippen molar-refractivity contribution in [2.75, 3.05) is 6.54 Å². The molecule has 0 spiro atoms. The molecule has 0 radical (unpaired) electrons. The van der Waals surface area contributed by atoms with Crippen LogP contribution in [0.1, 0.15) is 18.4 Å². The molecule has 0 amide bonds. The van der Waals surface area contributed by atoms with E-state index in [4.69, 9.17) is 5.73 Å². The van der Waals surface area contributed by atoms with Crippen molar-refractivity contribution in [2.45, 2.75) is 30.7 Å². The molecule has 0 heterocycles. The Bertz CT molecular complexity index is 591. The normalized spacial score (nSPS) is 16.6. The van der Waals surface area contributed by atoms with Gasteiger partial charge in [0.25, 0.3) is 0 Å². The Kier molecular flexibility index (Phi) is 5.48. The molecule has 1 unspecified atom stereocenters. The average Bonchev–Trinajstić information content (AvgIpc) is 3.14. The smallest absolute Gasteiger partial charge is 0.243 e. The second-order valence-corrected chi connectivity index (χ2v) is 6.52. The summed E-state index contributed by atoms with van der Waals surface area (Å²) in [7, 11) is -4.09. The van der Waals surface area contributed by atoms with Crippen LogP contribution in [0.15, 0.2) is 17.0 Å². The van der Waals surface area contributed by atoms with Gasteiger partial charge in [-0.05, 0) is 43.4 Å². The zero-order valence-corrected chi connectivity index (χ0v) is 12.5. The van der Waals surface area contributed by atoms with Crippen molar-refractivity contribution < 1.29 is 17.2 Å². The highest BCUT2D eigenvalue weighted by atomic mass is 35.5. The SMILES string of the molecule is Cc1cc(F)c(S(=O)(=O)NC(CN)C2CC2)cc1F.Cl. The van der Waals surface area contributed by atoms with E-state index >= 15 is 0 Å². The lowest BCUT2D eigenvalue weighted by molar-refractivity contribution is 0.507. The predicted molar refractivity (Wildman–Crippen MR) is 74.2 cm³/mol. The summed E-state index contributed by atoms with van der Waals surface area (Å²) in [6.45, 7) is 1.51. The van der Waals surface area contributed by atoms with Crippen LogP contribution in [0.3, 0.4) is 0 Å². The maximum atomic E-state index is 13.7. The monoisotopic (exact) mass is 326 g/mol. The lowest BCUT2D eigenvalue weighted by Gasteiger charge is -2.16. The number of benzene rings is 1. The van der Waals surface area contributed by atoms with Crippen LogP contribution >= 0.6 is 12.4 Å². The molecule has 3 N–H and O–H groups in total. The fraction of sp³-hybridized carbons (Fsp3) is 0.500. The first-order chi connectivity index (χ1) is 8.85. The second-order valence-electron chi connectivity index (χ2n) is 4.83. The molecule has 1 aliphatic rings. The first kappa shape index (κ1) is 17.3. The van der Waals surface area contributed by atoms with Crippen LogP contribution in [0.2, 0.25) is 0 Å². The quantitative estimate of drug-likeness (QED) is 0.865. The molecule has 1 aliphatic carbocycles. The zero-order valence-electron chi connectivity index (χ0n) is 10.9. The highest BCUT2D eigenvalue weighted by Gasteiger charge is 2.34. The van der Waals surface area contributed by atoms with E-state index in [1.807, 2.05) is 0 Å². The molecule has 0 aromatic heterocycles. The van der Waals surface area contributed by atoms with Crippen molar-refractivity contribution in [3.05, 3.63) is 29.3 Å². The number of aryl methyl sites for hydroxylation is 1. The van der Waals surface area contributed by atoms with E-state index in [9.17, 15) is 17.2 Å². The summed E-state index contributed by atoms with van der Waals surface area (Å²) in [5.74, 6) is -1.52. The van der Waals surface area contributed by atoms with E-state index in [1.165, 1.54) is 6.92 Å². The number of nitrogens with two attached hydrogens (primary N) is 1. The Morgan fingerprint density at radius 1 is 1.35 bits per heavy atom. The lowest BCUT2D eigenvalue weighted by atomic mass is 10.2. The predicted octanol–water partition coefficient (Wildman–Crippen LogP) is 1.71. The van der Waals surface area contributed by atoms with Gasteiger partial charge in [0.05, 0.1) is 0 Å². The van der Waals surface area contributed by atoms with Crippen molar-refractivity contribution in [1.82, 2.24) is 4.72 Å². The second kappa shape index (κ2) is 6.34. The molecule has 1 aromatic carbocycles. The van der Waals surface area contributed by atoms with Gasteiger partial charge >= 0.3 is 0 Å². The van der Waals surface area contributed by atoms with E-state index in [-0.39, 0.29) is 30.4 Å². The van der Waals surface area contributed by atoms with E-state index in [1.54, 1.807) is 0 Å². The van der Waals surface area contributed by atoms with Crippen molar-refractivity contribution in [3.63, 3.8) is 0 Å². The maximum absolute atomic E-state index is 13.7. The average molecular weight is 327 g/mol. The molecule has 1 fully saturated rings. The summed E-state index contributed by atoms with van der Waals surface area (Å²) in [6.07, 6.45) is 1.80. The highest BCUT2D eigenvalue weighted by molar-refractivity contribution is 7.89. The minimum Gasteiger partial charge on any atom is -0.329 e. The van der Waals surface area contributed by atoms with Crippen LogP contribution in [-0.2, 0) is 10.0 Å². The van der Waals surface area contributed by atoms with Gasteiger partial charge in [-0.2, -0.15) is 0 Å². The van der Waals surface area contributed by atoms with Crippen molar-refractivity contribution in [2.24, 2.45) is 11.7 Å². The topological polar surface area (TPSA) is 72.2 Å². The van der Waals surface area contributed by atoms with E-state index in [0.29, 0.717) is 6.07 Å². The van der Waals surface area contributed by atoms with Crippen LogP contribution in [0.25, 0.3) is 0 Å². The Labute approximate surface area is 123 Å². The number of sulfonamides is 1. The highest BCUT2D eigenvalue weighted by Crippen LogP contribution is 2.33. The molecular formula is C12H17ClF2N2O2S. The molecule has 2 rings (SSSR count). The summed E-state index contributed by atoms with van der Waals surface area (Å²) >= 11 is 0. The molecule has 0 bridgehead atoms. The molecule has 114 valence electrons. The molecule has 20 heavy (non-hydrogen) atoms. The molecule has 0 aliphatic heterocycles. The van der Waals surface area contributed by atoms with Crippen LogP contribution in [0.4, 0.5) is 8.78 Å². The fourth-order valence-corrected chi connectivity index (χ4v) is 3.32. The van der Waals surface area contributed by atoms with Gasteiger partial charge in [0.1, 0.15) is 16.5 Å². The maximum Gasteiger partial charge on any atom is 0.243 e. The molecule has 1 aromatic rings. The van der Waals surface area contributed by atoms with Crippen LogP contribution in [0, 0.1) is 24.5 Å². The van der Waals surface area contributed by atoms with Gasteiger partial charge in [-0.25, -0.2) is 21.9 Å². The van der Waals surface area contributed by atoms with E-state index < -0.39 is 32.6 Å². The summed E-state index contributed by atoms with van der Waals surface area (Å²) in [5.41, 5.74) is 5.56. The summed E-state index contributed by atoms with van der Waals surface area (Å²) < 4.78 is 53.5. The number of hydrogen-bond donors (Lipinski definition) is 2. The van der Waals surface area contributed by atoms with Crippen molar-refractivity contribution in [3.8, 4) is 0 Å². The fourth-order valence-electron chi connectivity index (χ4n) is 1.93. The van der Waals surface area contributed by atoms with E-state index in [2.05, 4.69) is 4.72 Å². The molecule has 1 atom stereocenters. The number of halogens is 3. The van der Waals surface area contributed by atoms with Gasteiger partial charge < -0.3 is 5.73 Å². The molecular weight excluding hydrogens is 310 g/mol. The molecule has 0 saturated heterocycles. The summed E-state index contributed by atoms with van der Waals surface area (Å²) in [5, 5.41) is 0. The van der Waals surface area contributed by atoms with Gasteiger partial charge in [0, 0.05) is 12.6 Å². The van der Waals surface area contributed by atoms with Crippen LogP contribution < -0.4 is 10.5 Å². The van der Waals surface area contributed by atoms with Gasteiger partial charge in [-0.3, -0.25) is 0 Å². The Morgan fingerprint density at radius 3 is 2.45 bits per heavy atom. The Morgan fingerprint density at radius 2 is 1.95 bits per heavy atom. The Balaban J connectivity index is 0.00000200. The van der Waals surface area contributed by atoms with Gasteiger partial charge in [-0.15, -0.1) is 12.4 Å². The van der Waals surface area contributed by atoms with Crippen molar-refractivity contribution >= 4 is 22.4 Å². The third kappa shape index (κ3) is 3.66. The minimum atomic E-state index is -4.09. The van der Waals surface area contributed by atoms with Gasteiger partial charge in [0.15, 0.2) is 0 Å². The molecule has 4 nitrogen and oxygen atoms in total. The number of hydrogen-bond acceptors (Lipinski definition) is 3. The minimum absolute atomic E-state index is 0. The van der Waals surface area contributed by atoms with Crippen LogP contribution in [0.5, 0.6) is 0 Å². The Hall–Kier alpha value is -0.760. The zero-order chi connectivity index (χ0) is 14.2. The standard InChI is InChI=1S/C12H16F2N2O2S.ClH/c1-7-4-10(14)12(5-9(7)13)19(17,18)16-11(6-15)8-2-3-8;/h4-5,8,11,16H,2-3,6,15H2,1H3;1H. The van der Waals surface area contributed by atoms with Crippen LogP contribution in [-0.4, -0.2) is 21.0 Å².